The van der Waals surface area contributed by atoms with Gasteiger partial charge in [-0.15, -0.1) is 0 Å². The van der Waals surface area contributed by atoms with Crippen molar-refractivity contribution in [3.63, 3.8) is 0 Å². The van der Waals surface area contributed by atoms with E-state index in [1.54, 1.807) is 20.8 Å². The van der Waals surface area contributed by atoms with Crippen LogP contribution in [-0.2, 0) is 19.1 Å². The van der Waals surface area contributed by atoms with Crippen molar-refractivity contribution >= 4 is 34.0 Å². The van der Waals surface area contributed by atoms with Gasteiger partial charge in [-0.3, -0.25) is 13.5 Å². The fraction of sp³-hybridized carbons (Fsp3) is 0.727. The van der Waals surface area contributed by atoms with E-state index in [1.807, 2.05) is 0 Å². The molecule has 0 aromatic carbocycles. The van der Waals surface area contributed by atoms with Crippen molar-refractivity contribution in [2.45, 2.75) is 52.2 Å². The lowest BCUT2D eigenvalue weighted by Crippen LogP contribution is -2.38. The van der Waals surface area contributed by atoms with Crippen LogP contribution in [0.4, 0.5) is 0 Å². The fourth-order valence-corrected chi connectivity index (χ4v) is 1.58. The lowest BCUT2D eigenvalue weighted by atomic mass is 10.1. The first kappa shape index (κ1) is 16.9. The average Bonchev–Trinajstić information content (AvgIpc) is 2.13. The third-order valence-corrected chi connectivity index (χ3v) is 2.90. The zero-order chi connectivity index (χ0) is 14.5. The number of hydrogen-bond acceptors (Lipinski definition) is 4. The van der Waals surface area contributed by atoms with Gasteiger partial charge in [0.1, 0.15) is 11.6 Å². The fourth-order valence-electron chi connectivity index (χ4n) is 1.20. The first-order valence-electron chi connectivity index (χ1n) is 5.45. The number of amides is 1. The quantitative estimate of drug-likeness (QED) is 0.615. The third kappa shape index (κ3) is 6.58. The maximum Gasteiger partial charge on any atom is 0.327 e. The summed E-state index contributed by atoms with van der Waals surface area (Å²) >= 11 is 2.87. The highest BCUT2D eigenvalue weighted by molar-refractivity contribution is 9.07. The van der Waals surface area contributed by atoms with Gasteiger partial charge in [-0.05, 0) is 27.2 Å². The molecule has 0 heterocycles. The number of rotatable bonds is 5. The minimum Gasteiger partial charge on any atom is -0.480 e. The van der Waals surface area contributed by atoms with Gasteiger partial charge >= 0.3 is 11.9 Å². The van der Waals surface area contributed by atoms with Crippen LogP contribution in [0.5, 0.6) is 0 Å². The smallest absolute Gasteiger partial charge is 0.327 e. The number of nitrogens with zero attached hydrogens (tertiary/aromatic N) is 1. The first-order valence-corrected chi connectivity index (χ1v) is 6.15. The Hall–Kier alpha value is -1.11. The Morgan fingerprint density at radius 1 is 1.33 bits per heavy atom. The molecular weight excluding hydrogens is 306 g/mol. The Labute approximate surface area is 115 Å². The number of carbonyl (C=O) groups excluding carboxylic acids is 2. The zero-order valence-electron chi connectivity index (χ0n) is 10.9. The molecule has 104 valence electrons. The summed E-state index contributed by atoms with van der Waals surface area (Å²) in [5.41, 5.74) is -0.607. The van der Waals surface area contributed by atoms with Gasteiger partial charge in [0, 0.05) is 13.3 Å². The molecule has 0 radical (unpaired) electrons. The Morgan fingerprint density at radius 3 is 2.17 bits per heavy atom. The molecule has 1 N–H and O–H groups in total. The molecule has 1 amide bonds. The van der Waals surface area contributed by atoms with E-state index in [9.17, 15) is 14.4 Å². The molecule has 0 aliphatic carbocycles. The number of carbonyl (C=O) groups is 3. The van der Waals surface area contributed by atoms with Gasteiger partial charge in [0.25, 0.3) is 0 Å². The summed E-state index contributed by atoms with van der Waals surface area (Å²) in [6.45, 7) is 6.42. The normalized spacial score (nSPS) is 12.7. The molecule has 0 aromatic rings. The monoisotopic (exact) mass is 323 g/mol. The van der Waals surface area contributed by atoms with E-state index < -0.39 is 29.5 Å². The molecule has 0 aliphatic rings. The van der Waals surface area contributed by atoms with E-state index in [2.05, 4.69) is 16.1 Å². The molecule has 0 aliphatic heterocycles. The average molecular weight is 324 g/mol. The molecular formula is C11H18BrNO5. The molecule has 7 heteroatoms. The van der Waals surface area contributed by atoms with Crippen molar-refractivity contribution in [3.05, 3.63) is 0 Å². The van der Waals surface area contributed by atoms with Gasteiger partial charge in [0.05, 0.1) is 16.1 Å². The van der Waals surface area contributed by atoms with Crippen molar-refractivity contribution in [1.82, 2.24) is 3.93 Å². The summed E-state index contributed by atoms with van der Waals surface area (Å²) in [5.74, 6) is -2.10. The number of halogens is 1. The highest BCUT2D eigenvalue weighted by atomic mass is 79.9. The molecule has 6 nitrogen and oxygen atoms in total. The topological polar surface area (TPSA) is 83.9 Å². The summed E-state index contributed by atoms with van der Waals surface area (Å²) in [6, 6.07) is -1.09. The molecule has 1 atom stereocenters. The number of hydrogen-bond donors (Lipinski definition) is 1. The van der Waals surface area contributed by atoms with Crippen LogP contribution in [0.3, 0.4) is 0 Å². The minimum atomic E-state index is -1.18. The number of carboxylic acid groups (broad SMARTS) is 1. The highest BCUT2D eigenvalue weighted by Crippen LogP contribution is 2.15. The Balaban J connectivity index is 4.42. The zero-order valence-corrected chi connectivity index (χ0v) is 12.5. The summed E-state index contributed by atoms with van der Waals surface area (Å²) < 4.78 is 5.97. The Morgan fingerprint density at radius 2 is 1.83 bits per heavy atom. The van der Waals surface area contributed by atoms with Gasteiger partial charge < -0.3 is 9.84 Å². The molecule has 0 bridgehead atoms. The van der Waals surface area contributed by atoms with Crippen molar-refractivity contribution in [3.8, 4) is 0 Å². The third-order valence-electron chi connectivity index (χ3n) is 1.90. The molecule has 0 saturated heterocycles. The van der Waals surface area contributed by atoms with Gasteiger partial charge in [-0.25, -0.2) is 4.79 Å². The second-order valence-corrected chi connectivity index (χ2v) is 5.57. The van der Waals surface area contributed by atoms with E-state index in [-0.39, 0.29) is 12.8 Å². The van der Waals surface area contributed by atoms with Crippen molar-refractivity contribution in [2.24, 2.45) is 0 Å². The van der Waals surface area contributed by atoms with Crippen LogP contribution in [0, 0.1) is 0 Å². The lowest BCUT2D eigenvalue weighted by molar-refractivity contribution is -0.155. The Bertz CT molecular complexity index is 337. The number of ether oxygens (including phenoxy) is 1. The maximum absolute atomic E-state index is 11.4. The molecule has 18 heavy (non-hydrogen) atoms. The number of esters is 1. The number of aliphatic carboxylic acids is 1. The predicted molar refractivity (Wildman–Crippen MR) is 67.9 cm³/mol. The SMILES string of the molecule is CC(=O)N(Br)[C@@H](CCC(=O)OC(C)(C)C)C(=O)O. The van der Waals surface area contributed by atoms with Crippen LogP contribution in [-0.4, -0.2) is 38.5 Å². The summed E-state index contributed by atoms with van der Waals surface area (Å²) in [6.07, 6.45) is -0.0707. The van der Waals surface area contributed by atoms with Gasteiger partial charge in [0.2, 0.25) is 5.91 Å². The van der Waals surface area contributed by atoms with Crippen LogP contribution in [0.25, 0.3) is 0 Å². The van der Waals surface area contributed by atoms with Crippen LogP contribution >= 0.6 is 16.1 Å². The molecule has 0 aromatic heterocycles. The predicted octanol–water partition coefficient (Wildman–Crippen LogP) is 1.72. The molecule has 0 rings (SSSR count). The molecule has 0 saturated carbocycles. The van der Waals surface area contributed by atoms with E-state index in [0.29, 0.717) is 0 Å². The van der Waals surface area contributed by atoms with Crippen LogP contribution in [0.1, 0.15) is 40.5 Å². The standard InChI is InChI=1S/C11H18BrNO5/c1-7(14)13(12)8(10(16)17)5-6-9(15)18-11(2,3)4/h8H,5-6H2,1-4H3,(H,16,17)/t8-/m0/s1. The summed E-state index contributed by atoms with van der Waals surface area (Å²) in [4.78, 5) is 33.5. The van der Waals surface area contributed by atoms with Gasteiger partial charge in [0.15, 0.2) is 0 Å². The molecule has 0 fully saturated rings. The second kappa shape index (κ2) is 6.72. The minimum absolute atomic E-state index is 0.00488. The van der Waals surface area contributed by atoms with E-state index >= 15 is 0 Å². The number of carboxylic acids is 1. The van der Waals surface area contributed by atoms with Gasteiger partial charge in [-0.1, -0.05) is 0 Å². The largest absolute Gasteiger partial charge is 0.480 e. The maximum atomic E-state index is 11.4. The van der Waals surface area contributed by atoms with E-state index in [1.165, 1.54) is 6.92 Å². The summed E-state index contributed by atoms with van der Waals surface area (Å²) in [7, 11) is 0. The van der Waals surface area contributed by atoms with E-state index in [4.69, 9.17) is 9.84 Å². The van der Waals surface area contributed by atoms with Crippen molar-refractivity contribution < 1.29 is 24.2 Å². The lowest BCUT2D eigenvalue weighted by Gasteiger charge is -2.22. The van der Waals surface area contributed by atoms with Gasteiger partial charge in [-0.2, -0.15) is 0 Å². The first-order chi connectivity index (χ1) is 8.04. The Kier molecular flexibility index (Phi) is 6.31. The van der Waals surface area contributed by atoms with Crippen LogP contribution in [0.2, 0.25) is 0 Å². The highest BCUT2D eigenvalue weighted by Gasteiger charge is 2.27. The van der Waals surface area contributed by atoms with Crippen molar-refractivity contribution in [1.29, 1.82) is 0 Å². The van der Waals surface area contributed by atoms with E-state index in [0.717, 1.165) is 3.93 Å². The molecule has 0 spiro atoms. The van der Waals surface area contributed by atoms with Crippen LogP contribution < -0.4 is 0 Å². The molecule has 0 unspecified atom stereocenters. The van der Waals surface area contributed by atoms with Crippen LogP contribution in [0.15, 0.2) is 0 Å². The second-order valence-electron chi connectivity index (χ2n) is 4.81. The van der Waals surface area contributed by atoms with Crippen molar-refractivity contribution in [2.75, 3.05) is 0 Å². The summed E-state index contributed by atoms with van der Waals surface area (Å²) in [5, 5.41) is 8.96.